The van der Waals surface area contributed by atoms with E-state index in [9.17, 15) is 15.0 Å². The van der Waals surface area contributed by atoms with Gasteiger partial charge in [0.25, 0.3) is 5.56 Å². The second-order valence-corrected chi connectivity index (χ2v) is 4.05. The van der Waals surface area contributed by atoms with Crippen molar-refractivity contribution in [3.05, 3.63) is 10.4 Å². The van der Waals surface area contributed by atoms with E-state index in [1.807, 2.05) is 0 Å². The second-order valence-electron chi connectivity index (χ2n) is 4.05. The van der Waals surface area contributed by atoms with Crippen LogP contribution in [0, 0.1) is 0 Å². The predicted molar refractivity (Wildman–Crippen MR) is 64.3 cm³/mol. The Morgan fingerprint density at radius 3 is 2.89 bits per heavy atom. The summed E-state index contributed by atoms with van der Waals surface area (Å²) < 4.78 is 0. The Labute approximate surface area is 102 Å². The van der Waals surface area contributed by atoms with E-state index in [2.05, 4.69) is 20.6 Å². The zero-order chi connectivity index (χ0) is 13.3. The van der Waals surface area contributed by atoms with Gasteiger partial charge in [-0.15, -0.1) is 0 Å². The third-order valence-corrected chi connectivity index (χ3v) is 2.75. The number of aromatic amines is 1. The lowest BCUT2D eigenvalue weighted by atomic mass is 10.0. The van der Waals surface area contributed by atoms with Crippen molar-refractivity contribution >= 4 is 17.5 Å². The smallest absolute Gasteiger partial charge is 0.277 e. The van der Waals surface area contributed by atoms with Crippen LogP contribution in [0.2, 0.25) is 0 Å². The first-order chi connectivity index (χ1) is 8.52. The molecule has 0 saturated heterocycles. The molecule has 2 rings (SSSR count). The summed E-state index contributed by atoms with van der Waals surface area (Å²) in [4.78, 5) is 17.8. The summed E-state index contributed by atoms with van der Waals surface area (Å²) in [5.41, 5.74) is 5.06. The molecule has 2 heterocycles. The highest BCUT2D eigenvalue weighted by molar-refractivity contribution is 5.67. The van der Waals surface area contributed by atoms with Crippen molar-refractivity contribution < 1.29 is 15.3 Å². The van der Waals surface area contributed by atoms with E-state index >= 15 is 0 Å². The minimum atomic E-state index is -1.29. The molecule has 0 aliphatic carbocycles. The molecule has 100 valence electrons. The highest BCUT2D eigenvalue weighted by Gasteiger charge is 2.30. The highest BCUT2D eigenvalue weighted by Crippen LogP contribution is 2.21. The molecular weight excluding hydrogens is 242 g/mol. The number of anilines is 3. The normalized spacial score (nSPS) is 21.4. The molecule has 18 heavy (non-hydrogen) atoms. The number of nitrogens with two attached hydrogens (primary N) is 1. The van der Waals surface area contributed by atoms with Crippen LogP contribution in [0.25, 0.3) is 0 Å². The van der Waals surface area contributed by atoms with Crippen molar-refractivity contribution in [1.29, 1.82) is 0 Å². The minimum absolute atomic E-state index is 0.0116. The van der Waals surface area contributed by atoms with E-state index in [0.717, 1.165) is 0 Å². The topological polar surface area (TPSA) is 157 Å². The van der Waals surface area contributed by atoms with Crippen molar-refractivity contribution in [3.63, 3.8) is 0 Å². The Bertz CT molecular complexity index is 490. The first-order valence-corrected chi connectivity index (χ1v) is 5.40. The standard InChI is InChI=1S/C9H15N5O4/c10-9-13-7-5(8(18)14-9)12-3(1-11-7)6(17)4(16)2-15/h3-4,6,12,15-17H,1-2H2,(H4,10,11,13,14,18). The van der Waals surface area contributed by atoms with E-state index in [0.29, 0.717) is 0 Å². The molecule has 0 aromatic carbocycles. The maximum Gasteiger partial charge on any atom is 0.277 e. The van der Waals surface area contributed by atoms with Gasteiger partial charge in [-0.2, -0.15) is 4.98 Å². The van der Waals surface area contributed by atoms with E-state index in [4.69, 9.17) is 10.8 Å². The molecule has 0 amide bonds. The van der Waals surface area contributed by atoms with Gasteiger partial charge in [-0.3, -0.25) is 9.78 Å². The van der Waals surface area contributed by atoms with Crippen LogP contribution in [0.15, 0.2) is 4.79 Å². The zero-order valence-corrected chi connectivity index (χ0v) is 9.42. The van der Waals surface area contributed by atoms with Crippen LogP contribution in [-0.2, 0) is 0 Å². The first-order valence-electron chi connectivity index (χ1n) is 5.40. The molecule has 3 atom stereocenters. The lowest BCUT2D eigenvalue weighted by Gasteiger charge is -2.31. The summed E-state index contributed by atoms with van der Waals surface area (Å²) in [5.74, 6) is 0.278. The monoisotopic (exact) mass is 257 g/mol. The van der Waals surface area contributed by atoms with E-state index in [1.165, 1.54) is 0 Å². The van der Waals surface area contributed by atoms with Gasteiger partial charge >= 0.3 is 0 Å². The Morgan fingerprint density at radius 2 is 2.22 bits per heavy atom. The fourth-order valence-electron chi connectivity index (χ4n) is 1.78. The van der Waals surface area contributed by atoms with Gasteiger partial charge in [0, 0.05) is 6.54 Å². The van der Waals surface area contributed by atoms with Crippen molar-refractivity contribution in [1.82, 2.24) is 9.97 Å². The van der Waals surface area contributed by atoms with Gasteiger partial charge in [-0.05, 0) is 0 Å². The predicted octanol–water partition coefficient (Wildman–Crippen LogP) is -2.73. The van der Waals surface area contributed by atoms with Crippen LogP contribution in [0.3, 0.4) is 0 Å². The van der Waals surface area contributed by atoms with Crippen molar-refractivity contribution in [3.8, 4) is 0 Å². The fourth-order valence-corrected chi connectivity index (χ4v) is 1.78. The molecule has 3 unspecified atom stereocenters. The second kappa shape index (κ2) is 4.80. The number of fused-ring (bicyclic) bond motifs is 1. The Balaban J connectivity index is 2.22. The number of aliphatic hydroxyl groups is 3. The number of hydrogen-bond acceptors (Lipinski definition) is 8. The molecule has 0 bridgehead atoms. The largest absolute Gasteiger partial charge is 0.394 e. The van der Waals surface area contributed by atoms with Crippen LogP contribution in [0.1, 0.15) is 0 Å². The summed E-state index contributed by atoms with van der Waals surface area (Å²) in [6.07, 6.45) is -2.50. The molecule has 1 aliphatic rings. The number of H-pyrrole nitrogens is 1. The molecular formula is C9H15N5O4. The van der Waals surface area contributed by atoms with Gasteiger partial charge in [0.1, 0.15) is 17.9 Å². The first kappa shape index (κ1) is 12.6. The molecule has 1 aliphatic heterocycles. The SMILES string of the molecule is Nc1nc2c(c(=O)[nH]1)NC(C(O)C(O)CO)CN2. The van der Waals surface area contributed by atoms with Gasteiger partial charge < -0.3 is 31.7 Å². The average Bonchev–Trinajstić information content (AvgIpc) is 2.36. The number of nitrogen functional groups attached to an aromatic ring is 1. The van der Waals surface area contributed by atoms with Gasteiger partial charge in [0.05, 0.1) is 12.6 Å². The number of aliphatic hydroxyl groups excluding tert-OH is 3. The average molecular weight is 257 g/mol. The summed E-state index contributed by atoms with van der Waals surface area (Å²) in [5, 5.41) is 33.5. The van der Waals surface area contributed by atoms with Gasteiger partial charge in [-0.25, -0.2) is 0 Å². The summed E-state index contributed by atoms with van der Waals surface area (Å²) >= 11 is 0. The lowest BCUT2D eigenvalue weighted by molar-refractivity contribution is -0.0210. The van der Waals surface area contributed by atoms with Crippen LogP contribution < -0.4 is 21.9 Å². The third-order valence-electron chi connectivity index (χ3n) is 2.75. The number of nitrogens with zero attached hydrogens (tertiary/aromatic N) is 1. The number of rotatable bonds is 3. The van der Waals surface area contributed by atoms with Crippen LogP contribution in [0.4, 0.5) is 17.5 Å². The molecule has 0 radical (unpaired) electrons. The van der Waals surface area contributed by atoms with E-state index in [1.54, 1.807) is 0 Å². The molecule has 0 spiro atoms. The number of nitrogens with one attached hydrogen (secondary N) is 3. The van der Waals surface area contributed by atoms with Crippen LogP contribution >= 0.6 is 0 Å². The molecule has 0 fully saturated rings. The van der Waals surface area contributed by atoms with Gasteiger partial charge in [0.15, 0.2) is 5.82 Å². The summed E-state index contributed by atoms with van der Waals surface area (Å²) in [7, 11) is 0. The third kappa shape index (κ3) is 2.23. The number of aromatic nitrogens is 2. The molecule has 1 aromatic heterocycles. The Hall–Kier alpha value is -1.84. The van der Waals surface area contributed by atoms with Crippen molar-refractivity contribution in [2.45, 2.75) is 18.2 Å². The molecule has 0 saturated carbocycles. The zero-order valence-electron chi connectivity index (χ0n) is 9.42. The minimum Gasteiger partial charge on any atom is -0.394 e. The maximum absolute atomic E-state index is 11.6. The molecule has 1 aromatic rings. The summed E-state index contributed by atoms with van der Waals surface area (Å²) in [6, 6.07) is -0.619. The Kier molecular flexibility index (Phi) is 3.36. The molecule has 9 heteroatoms. The lowest BCUT2D eigenvalue weighted by Crippen LogP contribution is -2.50. The van der Waals surface area contributed by atoms with Crippen molar-refractivity contribution in [2.75, 3.05) is 29.5 Å². The van der Waals surface area contributed by atoms with E-state index in [-0.39, 0.29) is 24.0 Å². The van der Waals surface area contributed by atoms with Crippen molar-refractivity contribution in [2.24, 2.45) is 0 Å². The highest BCUT2D eigenvalue weighted by atomic mass is 16.4. The van der Waals surface area contributed by atoms with Crippen LogP contribution in [-0.4, -0.2) is 56.7 Å². The fraction of sp³-hybridized carbons (Fsp3) is 0.556. The van der Waals surface area contributed by atoms with Crippen LogP contribution in [0.5, 0.6) is 0 Å². The van der Waals surface area contributed by atoms with E-state index < -0.39 is 30.4 Å². The maximum atomic E-state index is 11.6. The quantitative estimate of drug-likeness (QED) is 0.307. The molecule has 8 N–H and O–H groups in total. The Morgan fingerprint density at radius 1 is 1.50 bits per heavy atom. The van der Waals surface area contributed by atoms with Gasteiger partial charge in [-0.1, -0.05) is 0 Å². The summed E-state index contributed by atoms with van der Waals surface area (Å²) in [6.45, 7) is -0.330. The number of hydrogen-bond donors (Lipinski definition) is 7. The van der Waals surface area contributed by atoms with Gasteiger partial charge in [0.2, 0.25) is 5.95 Å². The molecule has 9 nitrogen and oxygen atoms in total.